The number of hydrogen-bond donors (Lipinski definition) is 2. The lowest BCUT2D eigenvalue weighted by atomic mass is 9.95. The molecule has 1 unspecified atom stereocenters. The average Bonchev–Trinajstić information content (AvgIpc) is 2.04. The molecule has 1 atom stereocenters. The molecule has 1 saturated heterocycles. The first kappa shape index (κ1) is 10.1. The SMILES string of the molecule is Cl.O=C1N=C2CCNCC2C(=O)N1. The number of amides is 3. The first-order valence-corrected chi connectivity index (χ1v) is 3.90. The van der Waals surface area contributed by atoms with Crippen molar-refractivity contribution in [3.8, 4) is 0 Å². The van der Waals surface area contributed by atoms with Crippen molar-refractivity contribution in [2.75, 3.05) is 13.1 Å². The summed E-state index contributed by atoms with van der Waals surface area (Å²) < 4.78 is 0. The Balaban J connectivity index is 0.000000845. The van der Waals surface area contributed by atoms with Crippen LogP contribution in [0.4, 0.5) is 4.79 Å². The predicted octanol–water partition coefficient (Wildman–Crippen LogP) is -0.292. The summed E-state index contributed by atoms with van der Waals surface area (Å²) in [5, 5.41) is 5.25. The number of carbonyl (C=O) groups excluding carboxylic acids is 2. The first-order chi connectivity index (χ1) is 5.77. The van der Waals surface area contributed by atoms with E-state index < -0.39 is 6.03 Å². The van der Waals surface area contributed by atoms with Crippen LogP contribution in [0, 0.1) is 5.92 Å². The fraction of sp³-hybridized carbons (Fsp3) is 0.571. The standard InChI is InChI=1S/C7H9N3O2.ClH/c11-6-4-3-8-2-1-5(4)9-7(12)10-6;/h4,8H,1-3H2,(H,10,11,12);1H. The van der Waals surface area contributed by atoms with Crippen molar-refractivity contribution in [1.82, 2.24) is 10.6 Å². The molecule has 6 heteroatoms. The van der Waals surface area contributed by atoms with Gasteiger partial charge in [0.2, 0.25) is 5.91 Å². The predicted molar refractivity (Wildman–Crippen MR) is 49.2 cm³/mol. The Kier molecular flexibility index (Phi) is 3.00. The normalized spacial score (nSPS) is 26.8. The van der Waals surface area contributed by atoms with Crippen LogP contribution < -0.4 is 10.6 Å². The molecule has 0 aromatic rings. The van der Waals surface area contributed by atoms with Gasteiger partial charge in [-0.1, -0.05) is 0 Å². The van der Waals surface area contributed by atoms with E-state index in [-0.39, 0.29) is 24.2 Å². The number of aliphatic imine (C=N–C) groups is 1. The number of hydrogen-bond acceptors (Lipinski definition) is 3. The monoisotopic (exact) mass is 203 g/mol. The highest BCUT2D eigenvalue weighted by molar-refractivity contribution is 6.16. The summed E-state index contributed by atoms with van der Waals surface area (Å²) in [6.07, 6.45) is 0.698. The molecule has 3 amide bonds. The molecule has 72 valence electrons. The third kappa shape index (κ3) is 1.87. The molecule has 0 aromatic heterocycles. The van der Waals surface area contributed by atoms with Crippen LogP contribution in [0.5, 0.6) is 0 Å². The molecule has 2 aliphatic rings. The van der Waals surface area contributed by atoms with Crippen molar-refractivity contribution in [1.29, 1.82) is 0 Å². The van der Waals surface area contributed by atoms with Crippen LogP contribution in [-0.2, 0) is 4.79 Å². The van der Waals surface area contributed by atoms with Gasteiger partial charge in [-0.2, -0.15) is 0 Å². The van der Waals surface area contributed by atoms with E-state index in [9.17, 15) is 9.59 Å². The van der Waals surface area contributed by atoms with Gasteiger partial charge in [-0.25, -0.2) is 9.79 Å². The van der Waals surface area contributed by atoms with Crippen LogP contribution in [0.15, 0.2) is 4.99 Å². The minimum absolute atomic E-state index is 0. The third-order valence-corrected chi connectivity index (χ3v) is 2.10. The fourth-order valence-corrected chi connectivity index (χ4v) is 1.48. The molecule has 2 aliphatic heterocycles. The summed E-state index contributed by atoms with van der Waals surface area (Å²) in [6.45, 7) is 1.40. The molecule has 0 radical (unpaired) electrons. The van der Waals surface area contributed by atoms with Gasteiger partial charge in [0, 0.05) is 18.8 Å². The quantitative estimate of drug-likeness (QED) is 0.568. The largest absolute Gasteiger partial charge is 0.347 e. The molecule has 13 heavy (non-hydrogen) atoms. The van der Waals surface area contributed by atoms with E-state index in [2.05, 4.69) is 15.6 Å². The number of fused-ring (bicyclic) bond motifs is 1. The van der Waals surface area contributed by atoms with Crippen LogP contribution >= 0.6 is 12.4 Å². The highest BCUT2D eigenvalue weighted by Crippen LogP contribution is 2.11. The maximum atomic E-state index is 11.2. The van der Waals surface area contributed by atoms with Gasteiger partial charge in [0.1, 0.15) is 0 Å². The molecule has 0 aliphatic carbocycles. The Morgan fingerprint density at radius 1 is 1.38 bits per heavy atom. The summed E-state index contributed by atoms with van der Waals surface area (Å²) in [5.41, 5.74) is 0.725. The zero-order valence-electron chi connectivity index (χ0n) is 6.87. The van der Waals surface area contributed by atoms with Gasteiger partial charge in [-0.05, 0) is 6.42 Å². The molecule has 2 heterocycles. The van der Waals surface area contributed by atoms with Crippen molar-refractivity contribution >= 4 is 30.1 Å². The molecule has 0 aromatic carbocycles. The Morgan fingerprint density at radius 2 is 2.15 bits per heavy atom. The van der Waals surface area contributed by atoms with Gasteiger partial charge in [0.15, 0.2) is 0 Å². The van der Waals surface area contributed by atoms with E-state index in [1.165, 1.54) is 0 Å². The average molecular weight is 204 g/mol. The molecule has 0 spiro atoms. The van der Waals surface area contributed by atoms with E-state index in [0.29, 0.717) is 13.0 Å². The van der Waals surface area contributed by atoms with Gasteiger partial charge in [0.25, 0.3) is 0 Å². The number of carbonyl (C=O) groups is 2. The zero-order chi connectivity index (χ0) is 8.55. The van der Waals surface area contributed by atoms with E-state index in [0.717, 1.165) is 12.3 Å². The maximum Gasteiger partial charge on any atom is 0.347 e. The number of urea groups is 1. The van der Waals surface area contributed by atoms with Crippen molar-refractivity contribution in [3.63, 3.8) is 0 Å². The number of imide groups is 1. The lowest BCUT2D eigenvalue weighted by Gasteiger charge is -2.26. The van der Waals surface area contributed by atoms with Crippen molar-refractivity contribution in [2.45, 2.75) is 6.42 Å². The summed E-state index contributed by atoms with van der Waals surface area (Å²) >= 11 is 0. The Labute approximate surface area is 81.4 Å². The maximum absolute atomic E-state index is 11.2. The van der Waals surface area contributed by atoms with Crippen molar-refractivity contribution in [3.05, 3.63) is 0 Å². The highest BCUT2D eigenvalue weighted by atomic mass is 35.5. The van der Waals surface area contributed by atoms with Crippen molar-refractivity contribution in [2.24, 2.45) is 10.9 Å². The highest BCUT2D eigenvalue weighted by Gasteiger charge is 2.32. The van der Waals surface area contributed by atoms with E-state index in [1.54, 1.807) is 0 Å². The number of nitrogens with one attached hydrogen (secondary N) is 2. The summed E-state index contributed by atoms with van der Waals surface area (Å²) in [7, 11) is 0. The minimum atomic E-state index is -0.520. The zero-order valence-corrected chi connectivity index (χ0v) is 7.69. The van der Waals surface area contributed by atoms with Crippen LogP contribution in [0.3, 0.4) is 0 Å². The molecular formula is C7H10ClN3O2. The second-order valence-electron chi connectivity index (χ2n) is 2.90. The van der Waals surface area contributed by atoms with Crippen LogP contribution in [-0.4, -0.2) is 30.7 Å². The van der Waals surface area contributed by atoms with Crippen LogP contribution in [0.1, 0.15) is 6.42 Å². The molecule has 5 nitrogen and oxygen atoms in total. The fourth-order valence-electron chi connectivity index (χ4n) is 1.48. The second kappa shape index (κ2) is 3.85. The smallest absolute Gasteiger partial charge is 0.315 e. The van der Waals surface area contributed by atoms with Gasteiger partial charge >= 0.3 is 6.03 Å². The number of rotatable bonds is 0. The number of halogens is 1. The van der Waals surface area contributed by atoms with E-state index in [4.69, 9.17) is 0 Å². The summed E-state index contributed by atoms with van der Waals surface area (Å²) in [6, 6.07) is -0.520. The number of nitrogens with zero attached hydrogens (tertiary/aromatic N) is 1. The lowest BCUT2D eigenvalue weighted by molar-refractivity contribution is -0.122. The minimum Gasteiger partial charge on any atom is -0.315 e. The molecule has 1 fully saturated rings. The summed E-state index contributed by atoms with van der Waals surface area (Å²) in [5.74, 6) is -0.450. The van der Waals surface area contributed by atoms with Gasteiger partial charge in [-0.15, -0.1) is 12.4 Å². The van der Waals surface area contributed by atoms with Crippen LogP contribution in [0.2, 0.25) is 0 Å². The number of piperidine rings is 1. The third-order valence-electron chi connectivity index (χ3n) is 2.10. The van der Waals surface area contributed by atoms with Gasteiger partial charge in [0.05, 0.1) is 5.92 Å². The Morgan fingerprint density at radius 3 is 2.92 bits per heavy atom. The van der Waals surface area contributed by atoms with E-state index >= 15 is 0 Å². The Hall–Kier alpha value is -0.940. The molecule has 0 bridgehead atoms. The molecule has 0 saturated carbocycles. The van der Waals surface area contributed by atoms with E-state index in [1.807, 2.05) is 0 Å². The van der Waals surface area contributed by atoms with Crippen molar-refractivity contribution < 1.29 is 9.59 Å². The topological polar surface area (TPSA) is 70.6 Å². The summed E-state index contributed by atoms with van der Waals surface area (Å²) in [4.78, 5) is 25.7. The van der Waals surface area contributed by atoms with Gasteiger partial charge in [-0.3, -0.25) is 10.1 Å². The first-order valence-electron chi connectivity index (χ1n) is 3.90. The molecule has 2 N–H and O–H groups in total. The lowest BCUT2D eigenvalue weighted by Crippen LogP contribution is -2.50. The molecule has 2 rings (SSSR count). The molecular weight excluding hydrogens is 194 g/mol. The van der Waals surface area contributed by atoms with Gasteiger partial charge < -0.3 is 5.32 Å². The Bertz CT molecular complexity index is 277. The van der Waals surface area contributed by atoms with Crippen LogP contribution in [0.25, 0.3) is 0 Å². The second-order valence-corrected chi connectivity index (χ2v) is 2.90.